The van der Waals surface area contributed by atoms with E-state index in [4.69, 9.17) is 16.9 Å². The highest BCUT2D eigenvalue weighted by Crippen LogP contribution is 2.13. The molecular formula is C19H16ClN3O2. The topological polar surface area (TPSA) is 82.0 Å². The number of benzene rings is 2. The zero-order valence-corrected chi connectivity index (χ0v) is 14.1. The third-order valence-corrected chi connectivity index (χ3v) is 3.43. The van der Waals surface area contributed by atoms with Gasteiger partial charge in [-0.3, -0.25) is 9.59 Å². The predicted octanol–water partition coefficient (Wildman–Crippen LogP) is 3.52. The molecule has 25 heavy (non-hydrogen) atoms. The van der Waals surface area contributed by atoms with Gasteiger partial charge in [-0.1, -0.05) is 35.9 Å². The fourth-order valence-electron chi connectivity index (χ4n) is 2.06. The van der Waals surface area contributed by atoms with E-state index in [1.807, 2.05) is 18.2 Å². The SMILES string of the molecule is N#CCC(=O)NCc1cccc(NC(=O)/C=C/c2cccc(Cl)c2)c1. The normalized spacial score (nSPS) is 10.2. The molecule has 0 fully saturated rings. The summed E-state index contributed by atoms with van der Waals surface area (Å²) in [5, 5.41) is 14.4. The molecule has 2 aromatic carbocycles. The molecule has 0 radical (unpaired) electrons. The number of hydrogen-bond donors (Lipinski definition) is 2. The van der Waals surface area contributed by atoms with Gasteiger partial charge in [0.15, 0.2) is 0 Å². The minimum Gasteiger partial charge on any atom is -0.351 e. The van der Waals surface area contributed by atoms with E-state index in [0.717, 1.165) is 11.1 Å². The van der Waals surface area contributed by atoms with Crippen molar-refractivity contribution >= 4 is 35.2 Å². The van der Waals surface area contributed by atoms with Crippen molar-refractivity contribution in [3.63, 3.8) is 0 Å². The van der Waals surface area contributed by atoms with Crippen molar-refractivity contribution in [3.8, 4) is 6.07 Å². The summed E-state index contributed by atoms with van der Waals surface area (Å²) >= 11 is 5.90. The quantitative estimate of drug-likeness (QED) is 0.779. The minimum absolute atomic E-state index is 0.176. The van der Waals surface area contributed by atoms with Gasteiger partial charge in [-0.05, 0) is 41.5 Å². The molecule has 0 bridgehead atoms. The molecule has 0 aliphatic heterocycles. The van der Waals surface area contributed by atoms with E-state index in [9.17, 15) is 9.59 Å². The number of carbonyl (C=O) groups excluding carboxylic acids is 2. The standard InChI is InChI=1S/C19H16ClN3O2/c20-16-5-1-3-14(11-16)7-8-19(25)23-17-6-2-4-15(12-17)13-22-18(24)9-10-21/h1-8,11-12H,9,13H2,(H,22,24)(H,23,25)/b8-7+. The molecule has 0 saturated heterocycles. The summed E-state index contributed by atoms with van der Waals surface area (Å²) in [6.45, 7) is 0.294. The highest BCUT2D eigenvalue weighted by Gasteiger charge is 2.02. The van der Waals surface area contributed by atoms with E-state index in [1.54, 1.807) is 42.5 Å². The number of nitrogens with one attached hydrogen (secondary N) is 2. The number of amides is 2. The van der Waals surface area contributed by atoms with Crippen LogP contribution in [0, 0.1) is 11.3 Å². The lowest BCUT2D eigenvalue weighted by molar-refractivity contribution is -0.120. The van der Waals surface area contributed by atoms with Crippen LogP contribution in [0.4, 0.5) is 5.69 Å². The molecule has 0 unspecified atom stereocenters. The summed E-state index contributed by atoms with van der Waals surface area (Å²) < 4.78 is 0. The fourth-order valence-corrected chi connectivity index (χ4v) is 2.26. The maximum Gasteiger partial charge on any atom is 0.248 e. The van der Waals surface area contributed by atoms with Crippen molar-refractivity contribution in [1.82, 2.24) is 5.32 Å². The number of nitrogens with zero attached hydrogens (tertiary/aromatic N) is 1. The van der Waals surface area contributed by atoms with Crippen molar-refractivity contribution in [2.45, 2.75) is 13.0 Å². The number of hydrogen-bond acceptors (Lipinski definition) is 3. The Kier molecular flexibility index (Phi) is 6.76. The third kappa shape index (κ3) is 6.50. The van der Waals surface area contributed by atoms with E-state index in [2.05, 4.69) is 10.6 Å². The Labute approximate surface area is 150 Å². The van der Waals surface area contributed by atoms with Gasteiger partial charge in [0.05, 0.1) is 6.07 Å². The molecule has 0 aliphatic carbocycles. The number of nitriles is 1. The summed E-state index contributed by atoms with van der Waals surface area (Å²) in [7, 11) is 0. The molecular weight excluding hydrogens is 338 g/mol. The molecule has 0 atom stereocenters. The van der Waals surface area contributed by atoms with Crippen molar-refractivity contribution in [3.05, 3.63) is 70.8 Å². The van der Waals surface area contributed by atoms with E-state index in [0.29, 0.717) is 17.3 Å². The van der Waals surface area contributed by atoms with Gasteiger partial charge >= 0.3 is 0 Å². The predicted molar refractivity (Wildman–Crippen MR) is 97.6 cm³/mol. The van der Waals surface area contributed by atoms with Crippen LogP contribution < -0.4 is 10.6 Å². The molecule has 2 amide bonds. The van der Waals surface area contributed by atoms with Gasteiger partial charge in [0.2, 0.25) is 11.8 Å². The highest BCUT2D eigenvalue weighted by molar-refractivity contribution is 6.30. The van der Waals surface area contributed by atoms with Gasteiger partial charge in [-0.25, -0.2) is 0 Å². The van der Waals surface area contributed by atoms with E-state index >= 15 is 0 Å². The number of rotatable bonds is 6. The highest BCUT2D eigenvalue weighted by atomic mass is 35.5. The second kappa shape index (κ2) is 9.26. The molecule has 0 aliphatic rings. The smallest absolute Gasteiger partial charge is 0.248 e. The molecule has 2 N–H and O–H groups in total. The summed E-state index contributed by atoms with van der Waals surface area (Å²) in [5.41, 5.74) is 2.27. The first kappa shape index (κ1) is 18.2. The summed E-state index contributed by atoms with van der Waals surface area (Å²) in [6.07, 6.45) is 2.92. The van der Waals surface area contributed by atoms with Crippen LogP contribution in [0.5, 0.6) is 0 Å². The Balaban J connectivity index is 1.93. The first-order chi connectivity index (χ1) is 12.1. The Morgan fingerprint density at radius 3 is 2.72 bits per heavy atom. The Morgan fingerprint density at radius 2 is 1.96 bits per heavy atom. The molecule has 0 aromatic heterocycles. The molecule has 0 saturated carbocycles. The number of anilines is 1. The van der Waals surface area contributed by atoms with Crippen LogP contribution in [0.3, 0.4) is 0 Å². The van der Waals surface area contributed by atoms with Crippen LogP contribution in [-0.4, -0.2) is 11.8 Å². The van der Waals surface area contributed by atoms with Crippen LogP contribution in [0.25, 0.3) is 6.08 Å². The van der Waals surface area contributed by atoms with Gasteiger partial charge in [0, 0.05) is 23.3 Å². The van der Waals surface area contributed by atoms with Crippen molar-refractivity contribution < 1.29 is 9.59 Å². The second-order valence-electron chi connectivity index (χ2n) is 5.19. The lowest BCUT2D eigenvalue weighted by Crippen LogP contribution is -2.21. The first-order valence-corrected chi connectivity index (χ1v) is 7.92. The third-order valence-electron chi connectivity index (χ3n) is 3.20. The number of halogens is 1. The maximum absolute atomic E-state index is 12.0. The van der Waals surface area contributed by atoms with Crippen LogP contribution >= 0.6 is 11.6 Å². The zero-order chi connectivity index (χ0) is 18.1. The van der Waals surface area contributed by atoms with Crippen LogP contribution in [0.15, 0.2) is 54.6 Å². The Bertz CT molecular complexity index is 841. The monoisotopic (exact) mass is 353 g/mol. The molecule has 126 valence electrons. The van der Waals surface area contributed by atoms with E-state index in [-0.39, 0.29) is 18.2 Å². The summed E-state index contributed by atoms with van der Waals surface area (Å²) in [4.78, 5) is 23.3. The number of carbonyl (C=O) groups is 2. The summed E-state index contributed by atoms with van der Waals surface area (Å²) in [6, 6.07) is 16.1. The fraction of sp³-hybridized carbons (Fsp3) is 0.105. The largest absolute Gasteiger partial charge is 0.351 e. The maximum atomic E-state index is 12.0. The lowest BCUT2D eigenvalue weighted by atomic mass is 10.2. The average Bonchev–Trinajstić information content (AvgIpc) is 2.59. The molecule has 6 heteroatoms. The second-order valence-corrected chi connectivity index (χ2v) is 5.63. The van der Waals surface area contributed by atoms with Crippen molar-refractivity contribution in [1.29, 1.82) is 5.26 Å². The van der Waals surface area contributed by atoms with Crippen LogP contribution in [0.1, 0.15) is 17.5 Å². The Morgan fingerprint density at radius 1 is 1.16 bits per heavy atom. The van der Waals surface area contributed by atoms with E-state index in [1.165, 1.54) is 6.08 Å². The van der Waals surface area contributed by atoms with Crippen molar-refractivity contribution in [2.24, 2.45) is 0 Å². The first-order valence-electron chi connectivity index (χ1n) is 7.54. The molecule has 2 rings (SSSR count). The van der Waals surface area contributed by atoms with Gasteiger partial charge < -0.3 is 10.6 Å². The van der Waals surface area contributed by atoms with Gasteiger partial charge in [0.1, 0.15) is 6.42 Å². The Hall–Kier alpha value is -3.10. The molecule has 0 spiro atoms. The van der Waals surface area contributed by atoms with Gasteiger partial charge in [-0.15, -0.1) is 0 Å². The molecule has 2 aromatic rings. The zero-order valence-electron chi connectivity index (χ0n) is 13.3. The average molecular weight is 354 g/mol. The minimum atomic E-state index is -0.332. The molecule has 0 heterocycles. The van der Waals surface area contributed by atoms with Gasteiger partial charge in [0.25, 0.3) is 0 Å². The van der Waals surface area contributed by atoms with Crippen LogP contribution in [0.2, 0.25) is 5.02 Å². The summed E-state index contributed by atoms with van der Waals surface area (Å²) in [5.74, 6) is -0.605. The molecule has 5 nitrogen and oxygen atoms in total. The van der Waals surface area contributed by atoms with Crippen LogP contribution in [-0.2, 0) is 16.1 Å². The lowest BCUT2D eigenvalue weighted by Gasteiger charge is -2.07. The van der Waals surface area contributed by atoms with Crippen molar-refractivity contribution in [2.75, 3.05) is 5.32 Å². The van der Waals surface area contributed by atoms with Gasteiger partial charge in [-0.2, -0.15) is 5.26 Å². The van der Waals surface area contributed by atoms with E-state index < -0.39 is 0 Å².